The number of halogens is 2. The molecule has 1 aromatic heterocycles. The molecule has 0 radical (unpaired) electrons. The molecule has 0 amide bonds. The van der Waals surface area contributed by atoms with Gasteiger partial charge in [-0.25, -0.2) is 13.8 Å². The number of rotatable bonds is 2. The lowest BCUT2D eigenvalue weighted by atomic mass is 10.3. The molecule has 68 valence electrons. The van der Waals surface area contributed by atoms with Crippen molar-refractivity contribution in [2.75, 3.05) is 0 Å². The summed E-state index contributed by atoms with van der Waals surface area (Å²) < 4.78 is 23.8. The lowest BCUT2D eigenvalue weighted by molar-refractivity contribution is 0.147. The maximum atomic E-state index is 11.9. The van der Waals surface area contributed by atoms with Crippen LogP contribution >= 0.6 is 0 Å². The number of hydrogen-bond donors (Lipinski definition) is 0. The normalized spacial score (nSPS) is 10.1. The first kappa shape index (κ1) is 9.52. The third kappa shape index (κ3) is 2.44. The molecule has 13 heavy (non-hydrogen) atoms. The van der Waals surface area contributed by atoms with E-state index >= 15 is 0 Å². The van der Waals surface area contributed by atoms with Gasteiger partial charge in [-0.15, -0.1) is 0 Å². The van der Waals surface area contributed by atoms with Crippen LogP contribution in [0.25, 0.3) is 0 Å². The van der Waals surface area contributed by atoms with E-state index in [-0.39, 0.29) is 11.4 Å². The molecule has 0 atom stereocenters. The third-order valence-electron chi connectivity index (χ3n) is 1.47. The van der Waals surface area contributed by atoms with Crippen LogP contribution in [0.15, 0.2) is 6.20 Å². The highest BCUT2D eigenvalue weighted by Crippen LogP contribution is 2.06. The Labute approximate surface area is 74.1 Å². The van der Waals surface area contributed by atoms with Crippen LogP contribution in [0.2, 0.25) is 0 Å². The van der Waals surface area contributed by atoms with Crippen molar-refractivity contribution >= 4 is 0 Å². The average molecular weight is 183 g/mol. The molecule has 5 heteroatoms. The number of nitrogens with zero attached hydrogens (tertiary/aromatic N) is 3. The summed E-state index contributed by atoms with van der Waals surface area (Å²) in [5.74, 6) is 0. The summed E-state index contributed by atoms with van der Waals surface area (Å²) in [6.45, 7) is 1.61. The zero-order valence-corrected chi connectivity index (χ0v) is 6.96. The lowest BCUT2D eigenvalue weighted by Gasteiger charge is -2.00. The first-order chi connectivity index (χ1) is 6.13. The molecule has 0 bridgehead atoms. The molecule has 0 aromatic carbocycles. The van der Waals surface area contributed by atoms with Crippen molar-refractivity contribution in [3.05, 3.63) is 23.3 Å². The van der Waals surface area contributed by atoms with Gasteiger partial charge in [-0.2, -0.15) is 5.26 Å². The zero-order valence-electron chi connectivity index (χ0n) is 6.96. The maximum Gasteiger partial charge on any atom is 0.244 e. The minimum Gasteiger partial charge on any atom is -0.257 e. The van der Waals surface area contributed by atoms with E-state index in [1.165, 1.54) is 6.20 Å². The third-order valence-corrected chi connectivity index (χ3v) is 1.47. The second-order valence-corrected chi connectivity index (χ2v) is 2.50. The maximum absolute atomic E-state index is 11.9. The van der Waals surface area contributed by atoms with E-state index in [0.29, 0.717) is 5.69 Å². The highest BCUT2D eigenvalue weighted by molar-refractivity contribution is 5.25. The molecule has 0 aliphatic heterocycles. The van der Waals surface area contributed by atoms with Crippen LogP contribution in [-0.2, 0) is 6.42 Å². The number of nitriles is 1. The average Bonchev–Trinajstić information content (AvgIpc) is 2.07. The first-order valence-electron chi connectivity index (χ1n) is 3.64. The number of alkyl halides is 2. The predicted molar refractivity (Wildman–Crippen MR) is 41.2 cm³/mol. The van der Waals surface area contributed by atoms with Gasteiger partial charge >= 0.3 is 0 Å². The fraction of sp³-hybridized carbons (Fsp3) is 0.375. The SMILES string of the molecule is Cc1ncc(CC(F)F)nc1C#N. The van der Waals surface area contributed by atoms with E-state index in [1.807, 2.05) is 0 Å². The van der Waals surface area contributed by atoms with Crippen molar-refractivity contribution in [2.45, 2.75) is 19.8 Å². The van der Waals surface area contributed by atoms with Gasteiger partial charge < -0.3 is 0 Å². The molecule has 1 aromatic rings. The van der Waals surface area contributed by atoms with Gasteiger partial charge in [-0.1, -0.05) is 0 Å². The highest BCUT2D eigenvalue weighted by Gasteiger charge is 2.08. The monoisotopic (exact) mass is 183 g/mol. The van der Waals surface area contributed by atoms with E-state index in [1.54, 1.807) is 13.0 Å². The minimum absolute atomic E-state index is 0.109. The Kier molecular flexibility index (Phi) is 2.85. The van der Waals surface area contributed by atoms with Crippen molar-refractivity contribution in [1.82, 2.24) is 9.97 Å². The van der Waals surface area contributed by atoms with Gasteiger partial charge in [-0.05, 0) is 6.92 Å². The van der Waals surface area contributed by atoms with E-state index < -0.39 is 12.8 Å². The molecule has 0 saturated carbocycles. The Morgan fingerprint density at radius 3 is 2.85 bits per heavy atom. The Morgan fingerprint density at radius 1 is 1.62 bits per heavy atom. The Hall–Kier alpha value is -1.57. The summed E-state index contributed by atoms with van der Waals surface area (Å²) in [5, 5.41) is 8.54. The molecule has 3 nitrogen and oxygen atoms in total. The number of aryl methyl sites for hydroxylation is 1. The minimum atomic E-state index is -2.46. The van der Waals surface area contributed by atoms with Gasteiger partial charge in [0.2, 0.25) is 6.43 Å². The van der Waals surface area contributed by atoms with Gasteiger partial charge in [0.1, 0.15) is 6.07 Å². The summed E-state index contributed by atoms with van der Waals surface area (Å²) in [4.78, 5) is 7.51. The van der Waals surface area contributed by atoms with Crippen molar-refractivity contribution in [3.8, 4) is 6.07 Å². The van der Waals surface area contributed by atoms with Crippen LogP contribution in [0.3, 0.4) is 0 Å². The summed E-state index contributed by atoms with van der Waals surface area (Å²) >= 11 is 0. The fourth-order valence-electron chi connectivity index (χ4n) is 0.848. The van der Waals surface area contributed by atoms with Gasteiger partial charge in [0, 0.05) is 6.20 Å². The van der Waals surface area contributed by atoms with Crippen molar-refractivity contribution in [1.29, 1.82) is 5.26 Å². The summed E-state index contributed by atoms with van der Waals surface area (Å²) in [6.07, 6.45) is -1.65. The van der Waals surface area contributed by atoms with E-state index in [4.69, 9.17) is 5.26 Å². The Balaban J connectivity index is 2.95. The van der Waals surface area contributed by atoms with Crippen LogP contribution in [0.4, 0.5) is 8.78 Å². The summed E-state index contributed by atoms with van der Waals surface area (Å²) in [7, 11) is 0. The van der Waals surface area contributed by atoms with Gasteiger partial charge in [0.05, 0.1) is 17.8 Å². The van der Waals surface area contributed by atoms with Crippen molar-refractivity contribution in [3.63, 3.8) is 0 Å². The molecule has 0 aliphatic carbocycles. The quantitative estimate of drug-likeness (QED) is 0.697. The largest absolute Gasteiger partial charge is 0.257 e. The standard InChI is InChI=1S/C8H7F2N3/c1-5-7(3-11)13-6(4-12-5)2-8(9)10/h4,8H,2H2,1H3. The highest BCUT2D eigenvalue weighted by atomic mass is 19.3. The topological polar surface area (TPSA) is 49.6 Å². The van der Waals surface area contributed by atoms with E-state index in [0.717, 1.165) is 0 Å². The number of hydrogen-bond acceptors (Lipinski definition) is 3. The fourth-order valence-corrected chi connectivity index (χ4v) is 0.848. The number of aromatic nitrogens is 2. The van der Waals surface area contributed by atoms with Gasteiger partial charge in [0.15, 0.2) is 5.69 Å². The molecule has 0 spiro atoms. The van der Waals surface area contributed by atoms with Crippen molar-refractivity contribution in [2.24, 2.45) is 0 Å². The van der Waals surface area contributed by atoms with Crippen LogP contribution < -0.4 is 0 Å². The zero-order chi connectivity index (χ0) is 9.84. The summed E-state index contributed by atoms with van der Waals surface area (Å²) in [5.41, 5.74) is 0.718. The van der Waals surface area contributed by atoms with Crippen LogP contribution in [-0.4, -0.2) is 16.4 Å². The van der Waals surface area contributed by atoms with Crippen molar-refractivity contribution < 1.29 is 8.78 Å². The van der Waals surface area contributed by atoms with Gasteiger partial charge in [-0.3, -0.25) is 4.98 Å². The van der Waals surface area contributed by atoms with Crippen LogP contribution in [0, 0.1) is 18.3 Å². The summed E-state index contributed by atoms with van der Waals surface area (Å²) in [6, 6.07) is 1.79. The van der Waals surface area contributed by atoms with Crippen LogP contribution in [0.5, 0.6) is 0 Å². The Morgan fingerprint density at radius 2 is 2.31 bits per heavy atom. The predicted octanol–water partition coefficient (Wildman–Crippen LogP) is 1.46. The second kappa shape index (κ2) is 3.90. The first-order valence-corrected chi connectivity index (χ1v) is 3.64. The molecule has 1 heterocycles. The smallest absolute Gasteiger partial charge is 0.244 e. The molecule has 1 rings (SSSR count). The molecule has 0 fully saturated rings. The molecular formula is C8H7F2N3. The lowest BCUT2D eigenvalue weighted by Crippen LogP contribution is -2.03. The molecule has 0 saturated heterocycles. The molecule has 0 unspecified atom stereocenters. The molecule has 0 aliphatic rings. The van der Waals surface area contributed by atoms with E-state index in [2.05, 4.69) is 9.97 Å². The molecule has 0 N–H and O–H groups in total. The van der Waals surface area contributed by atoms with E-state index in [9.17, 15) is 8.78 Å². The Bertz CT molecular complexity index is 344. The molecular weight excluding hydrogens is 176 g/mol. The van der Waals surface area contributed by atoms with Crippen LogP contribution in [0.1, 0.15) is 17.1 Å². The van der Waals surface area contributed by atoms with Gasteiger partial charge in [0.25, 0.3) is 0 Å². The second-order valence-electron chi connectivity index (χ2n) is 2.50.